The van der Waals surface area contributed by atoms with Crippen molar-refractivity contribution in [1.29, 1.82) is 0 Å². The smallest absolute Gasteiger partial charge is 0.289 e. The fourth-order valence-electron chi connectivity index (χ4n) is 3.50. The molecule has 6 heteroatoms. The molecule has 1 aromatic carbocycles. The number of allylic oxidation sites excluding steroid dienone is 3. The Morgan fingerprint density at radius 2 is 1.93 bits per heavy atom. The van der Waals surface area contributed by atoms with Crippen LogP contribution in [0.1, 0.15) is 28.7 Å². The maximum Gasteiger partial charge on any atom is 0.289 e. The number of hydrogen-bond acceptors (Lipinski definition) is 4. The van der Waals surface area contributed by atoms with Gasteiger partial charge in [-0.2, -0.15) is 0 Å². The number of nitrogens with zero attached hydrogens (tertiary/aromatic N) is 4. The minimum absolute atomic E-state index is 0.0982. The normalized spacial score (nSPS) is 15.8. The second kappa shape index (κ2) is 7.03. The quantitative estimate of drug-likeness (QED) is 0.893. The molecule has 4 rings (SSSR count). The first kappa shape index (κ1) is 18.1. The second-order valence-corrected chi connectivity index (χ2v) is 7.54. The summed E-state index contributed by atoms with van der Waals surface area (Å²) in [6, 6.07) is 8.51. The van der Waals surface area contributed by atoms with Crippen LogP contribution in [0.4, 0.5) is 0 Å². The molecule has 0 bridgehead atoms. The highest BCUT2D eigenvalue weighted by atomic mass is 16.2. The summed E-state index contributed by atoms with van der Waals surface area (Å²) in [5.74, 6) is 1.41. The number of imidazole rings is 1. The standard InChI is InChI=1S/C22H25N5O/c1-15-5-8-17(9-6-15)20-18(27-13-16(2)7-10-19(27)24-20)14-26-12-11-23-21(26)22(28)25(3)4/h5-12,24H,13-14H2,1-4H3. The number of hydrogen-bond donors (Lipinski definition) is 1. The van der Waals surface area contributed by atoms with E-state index in [1.807, 2.05) is 10.8 Å². The zero-order valence-electron chi connectivity index (χ0n) is 16.7. The number of benzene rings is 1. The third-order valence-electron chi connectivity index (χ3n) is 5.06. The number of aryl methyl sites for hydroxylation is 1. The first-order chi connectivity index (χ1) is 13.4. The predicted molar refractivity (Wildman–Crippen MR) is 110 cm³/mol. The molecule has 0 saturated carbocycles. The van der Waals surface area contributed by atoms with Gasteiger partial charge in [0.05, 0.1) is 17.9 Å². The number of rotatable bonds is 4. The third kappa shape index (κ3) is 3.22. The van der Waals surface area contributed by atoms with Crippen molar-refractivity contribution in [2.24, 2.45) is 0 Å². The molecule has 144 valence electrons. The summed E-state index contributed by atoms with van der Waals surface area (Å²) in [7, 11) is 3.49. The summed E-state index contributed by atoms with van der Waals surface area (Å²) in [5.41, 5.74) is 5.86. The number of aromatic nitrogens is 2. The van der Waals surface area contributed by atoms with Gasteiger partial charge in [-0.05, 0) is 25.5 Å². The van der Waals surface area contributed by atoms with Crippen molar-refractivity contribution in [1.82, 2.24) is 24.7 Å². The average Bonchev–Trinajstić information content (AvgIpc) is 3.27. The highest BCUT2D eigenvalue weighted by Gasteiger charge is 2.30. The molecule has 1 aromatic heterocycles. The zero-order valence-corrected chi connectivity index (χ0v) is 16.7. The van der Waals surface area contributed by atoms with Crippen LogP contribution in [0, 0.1) is 6.92 Å². The second-order valence-electron chi connectivity index (χ2n) is 7.54. The Balaban J connectivity index is 1.76. The molecule has 2 aliphatic heterocycles. The van der Waals surface area contributed by atoms with Crippen LogP contribution in [-0.2, 0) is 6.54 Å². The molecule has 0 unspecified atom stereocenters. The van der Waals surface area contributed by atoms with E-state index in [1.54, 1.807) is 25.2 Å². The van der Waals surface area contributed by atoms with E-state index < -0.39 is 0 Å². The summed E-state index contributed by atoms with van der Waals surface area (Å²) < 4.78 is 1.92. The van der Waals surface area contributed by atoms with Crippen molar-refractivity contribution < 1.29 is 4.79 Å². The van der Waals surface area contributed by atoms with E-state index in [1.165, 1.54) is 11.1 Å². The van der Waals surface area contributed by atoms with Gasteiger partial charge in [0.25, 0.3) is 5.91 Å². The minimum Gasteiger partial charge on any atom is -0.342 e. The number of amides is 1. The molecule has 3 heterocycles. The lowest BCUT2D eigenvalue weighted by molar-refractivity contribution is 0.0811. The maximum absolute atomic E-state index is 12.5. The molecule has 2 aliphatic rings. The van der Waals surface area contributed by atoms with Crippen LogP contribution in [0.15, 0.2) is 65.9 Å². The largest absolute Gasteiger partial charge is 0.342 e. The van der Waals surface area contributed by atoms with Gasteiger partial charge in [-0.15, -0.1) is 0 Å². The Morgan fingerprint density at radius 1 is 1.18 bits per heavy atom. The zero-order chi connectivity index (χ0) is 19.8. The molecule has 0 saturated heterocycles. The van der Waals surface area contributed by atoms with Crippen molar-refractivity contribution >= 4 is 11.6 Å². The minimum atomic E-state index is -0.0982. The molecular formula is C22H25N5O. The van der Waals surface area contributed by atoms with Crippen LogP contribution in [-0.4, -0.2) is 45.9 Å². The van der Waals surface area contributed by atoms with Crippen LogP contribution in [0.3, 0.4) is 0 Å². The van der Waals surface area contributed by atoms with Crippen LogP contribution >= 0.6 is 0 Å². The van der Waals surface area contributed by atoms with Crippen molar-refractivity contribution in [2.75, 3.05) is 20.6 Å². The van der Waals surface area contributed by atoms with E-state index >= 15 is 0 Å². The van der Waals surface area contributed by atoms with Crippen molar-refractivity contribution in [3.8, 4) is 0 Å². The van der Waals surface area contributed by atoms with Gasteiger partial charge < -0.3 is 19.7 Å². The summed E-state index contributed by atoms with van der Waals surface area (Å²) in [6.07, 6.45) is 7.81. The molecule has 0 atom stereocenters. The summed E-state index contributed by atoms with van der Waals surface area (Å²) in [4.78, 5) is 20.6. The number of nitrogens with one attached hydrogen (secondary N) is 1. The Kier molecular flexibility index (Phi) is 4.55. The van der Waals surface area contributed by atoms with E-state index in [0.29, 0.717) is 12.4 Å². The lowest BCUT2D eigenvalue weighted by Crippen LogP contribution is -2.29. The Morgan fingerprint density at radius 3 is 2.64 bits per heavy atom. The fraction of sp³-hybridized carbons (Fsp3) is 0.273. The van der Waals surface area contributed by atoms with E-state index in [9.17, 15) is 4.79 Å². The SMILES string of the molecule is CC1=CC=C2NC(c3ccc(C)cc3)=C(Cn3ccnc3C(=O)N(C)C)N2C1. The van der Waals surface area contributed by atoms with Crippen LogP contribution in [0.25, 0.3) is 5.70 Å². The lowest BCUT2D eigenvalue weighted by Gasteiger charge is -2.26. The summed E-state index contributed by atoms with van der Waals surface area (Å²) in [6.45, 7) is 5.61. The first-order valence-corrected chi connectivity index (χ1v) is 9.39. The van der Waals surface area contributed by atoms with Gasteiger partial charge >= 0.3 is 0 Å². The van der Waals surface area contributed by atoms with Gasteiger partial charge in [0, 0.05) is 33.0 Å². The van der Waals surface area contributed by atoms with E-state index in [2.05, 4.69) is 65.5 Å². The van der Waals surface area contributed by atoms with Gasteiger partial charge in [0.2, 0.25) is 0 Å². The third-order valence-corrected chi connectivity index (χ3v) is 5.06. The van der Waals surface area contributed by atoms with Gasteiger partial charge in [-0.3, -0.25) is 4.79 Å². The number of carbonyl (C=O) groups excluding carboxylic acids is 1. The summed E-state index contributed by atoms with van der Waals surface area (Å²) in [5, 5.41) is 3.58. The predicted octanol–water partition coefficient (Wildman–Crippen LogP) is 2.97. The monoisotopic (exact) mass is 375 g/mol. The van der Waals surface area contributed by atoms with Crippen molar-refractivity contribution in [3.63, 3.8) is 0 Å². The number of carbonyl (C=O) groups is 1. The maximum atomic E-state index is 12.5. The van der Waals surface area contributed by atoms with Crippen LogP contribution in [0.2, 0.25) is 0 Å². The molecule has 0 aliphatic carbocycles. The molecule has 0 fully saturated rings. The highest BCUT2D eigenvalue weighted by Crippen LogP contribution is 2.33. The molecule has 28 heavy (non-hydrogen) atoms. The van der Waals surface area contributed by atoms with E-state index in [-0.39, 0.29) is 5.91 Å². The topological polar surface area (TPSA) is 53.4 Å². The first-order valence-electron chi connectivity index (χ1n) is 9.39. The van der Waals surface area contributed by atoms with Gasteiger partial charge in [-0.25, -0.2) is 4.98 Å². The lowest BCUT2D eigenvalue weighted by atomic mass is 10.1. The Labute approximate surface area is 165 Å². The highest BCUT2D eigenvalue weighted by molar-refractivity contribution is 5.90. The van der Waals surface area contributed by atoms with Gasteiger partial charge in [0.15, 0.2) is 5.82 Å². The Bertz CT molecular complexity index is 1010. The molecule has 1 N–H and O–H groups in total. The molecule has 0 spiro atoms. The molecule has 0 radical (unpaired) electrons. The van der Waals surface area contributed by atoms with Crippen molar-refractivity contribution in [2.45, 2.75) is 20.4 Å². The average molecular weight is 375 g/mol. The van der Waals surface area contributed by atoms with Crippen molar-refractivity contribution in [3.05, 3.63) is 82.9 Å². The molecule has 2 aromatic rings. The van der Waals surface area contributed by atoms with Crippen LogP contribution in [0.5, 0.6) is 0 Å². The van der Waals surface area contributed by atoms with Crippen LogP contribution < -0.4 is 5.32 Å². The number of fused-ring (bicyclic) bond motifs is 1. The Hall–Kier alpha value is -3.28. The molecule has 1 amide bonds. The summed E-state index contributed by atoms with van der Waals surface area (Å²) >= 11 is 0. The fourth-order valence-corrected chi connectivity index (χ4v) is 3.50. The molecular weight excluding hydrogens is 350 g/mol. The van der Waals surface area contributed by atoms with Gasteiger partial charge in [0.1, 0.15) is 5.82 Å². The van der Waals surface area contributed by atoms with E-state index in [0.717, 1.165) is 29.3 Å². The van der Waals surface area contributed by atoms with E-state index in [4.69, 9.17) is 0 Å². The molecule has 6 nitrogen and oxygen atoms in total. The van der Waals surface area contributed by atoms with Gasteiger partial charge in [-0.1, -0.05) is 41.5 Å².